The molecule has 36 heavy (non-hydrogen) atoms. The minimum Gasteiger partial charge on any atom is -0.358 e. The standard InChI is InChI=1S/C28H24N8/c1-16(2)17(3)32-21-11-20(14-30-15-21)18-6-7-24-23(12-18)26(36-35-24)28-33-25-22(8-10-31-27(25)34-28)19-5-4-9-29-13-19/h4-16,32H,3H2,1-2H3,(H,35,36)(H,31,33,34). The van der Waals surface area contributed by atoms with Gasteiger partial charge < -0.3 is 10.3 Å². The molecule has 0 saturated carbocycles. The second kappa shape index (κ2) is 8.74. The molecular formula is C28H24N8. The van der Waals surface area contributed by atoms with Crippen LogP contribution < -0.4 is 5.32 Å². The molecule has 0 fully saturated rings. The lowest BCUT2D eigenvalue weighted by Crippen LogP contribution is -2.04. The zero-order valence-corrected chi connectivity index (χ0v) is 19.9. The largest absolute Gasteiger partial charge is 0.358 e. The van der Waals surface area contributed by atoms with E-state index in [4.69, 9.17) is 4.98 Å². The average molecular weight is 473 g/mol. The number of imidazole rings is 1. The second-order valence-electron chi connectivity index (χ2n) is 8.98. The van der Waals surface area contributed by atoms with Gasteiger partial charge in [0.2, 0.25) is 0 Å². The smallest absolute Gasteiger partial charge is 0.178 e. The van der Waals surface area contributed by atoms with E-state index in [9.17, 15) is 0 Å². The van der Waals surface area contributed by atoms with Crippen molar-refractivity contribution in [2.24, 2.45) is 5.92 Å². The molecule has 1 aromatic carbocycles. The van der Waals surface area contributed by atoms with E-state index in [0.29, 0.717) is 17.4 Å². The van der Waals surface area contributed by atoms with Gasteiger partial charge in [0, 0.05) is 52.6 Å². The van der Waals surface area contributed by atoms with Crippen LogP contribution in [0.5, 0.6) is 0 Å². The number of aromatic nitrogens is 7. The molecule has 6 aromatic rings. The van der Waals surface area contributed by atoms with Crippen molar-refractivity contribution in [3.63, 3.8) is 0 Å². The summed E-state index contributed by atoms with van der Waals surface area (Å²) in [6.45, 7) is 8.31. The van der Waals surface area contributed by atoms with Crippen molar-refractivity contribution in [3.8, 4) is 33.8 Å². The van der Waals surface area contributed by atoms with Gasteiger partial charge in [0.15, 0.2) is 11.5 Å². The van der Waals surface area contributed by atoms with Crippen LogP contribution in [0.1, 0.15) is 13.8 Å². The van der Waals surface area contributed by atoms with Gasteiger partial charge in [0.1, 0.15) is 5.69 Å². The summed E-state index contributed by atoms with van der Waals surface area (Å²) in [4.78, 5) is 21.3. The number of H-pyrrole nitrogens is 2. The third-order valence-corrected chi connectivity index (χ3v) is 6.23. The van der Waals surface area contributed by atoms with E-state index in [1.54, 1.807) is 18.6 Å². The minimum absolute atomic E-state index is 0.329. The van der Waals surface area contributed by atoms with Crippen LogP contribution in [-0.2, 0) is 0 Å². The number of rotatable bonds is 6. The molecule has 0 spiro atoms. The maximum atomic E-state index is 4.76. The summed E-state index contributed by atoms with van der Waals surface area (Å²) < 4.78 is 0. The third-order valence-electron chi connectivity index (χ3n) is 6.23. The molecule has 0 unspecified atom stereocenters. The SMILES string of the molecule is C=C(Nc1cncc(-c2ccc3[nH]nc(-c4nc5nccc(-c6cccnc6)c5[nH]4)c3c2)c1)C(C)C. The van der Waals surface area contributed by atoms with Gasteiger partial charge in [-0.1, -0.05) is 32.6 Å². The Morgan fingerprint density at radius 1 is 0.944 bits per heavy atom. The first kappa shape index (κ1) is 21.7. The number of benzene rings is 1. The highest BCUT2D eigenvalue weighted by Gasteiger charge is 2.16. The number of nitrogens with one attached hydrogen (secondary N) is 3. The number of allylic oxidation sites excluding steroid dienone is 1. The Morgan fingerprint density at radius 3 is 2.67 bits per heavy atom. The fourth-order valence-corrected chi connectivity index (χ4v) is 4.16. The zero-order chi connectivity index (χ0) is 24.6. The highest BCUT2D eigenvalue weighted by Crippen LogP contribution is 2.32. The number of nitrogens with zero attached hydrogens (tertiary/aromatic N) is 5. The van der Waals surface area contributed by atoms with Crippen LogP contribution in [0.25, 0.3) is 55.8 Å². The van der Waals surface area contributed by atoms with Crippen molar-refractivity contribution in [2.75, 3.05) is 5.32 Å². The summed E-state index contributed by atoms with van der Waals surface area (Å²) in [7, 11) is 0. The Morgan fingerprint density at radius 2 is 1.83 bits per heavy atom. The third kappa shape index (κ3) is 3.88. The summed E-state index contributed by atoms with van der Waals surface area (Å²) in [6, 6.07) is 14.2. The maximum absolute atomic E-state index is 4.76. The number of hydrogen-bond acceptors (Lipinski definition) is 6. The summed E-state index contributed by atoms with van der Waals surface area (Å²) >= 11 is 0. The van der Waals surface area contributed by atoms with Crippen LogP contribution >= 0.6 is 0 Å². The first-order chi connectivity index (χ1) is 17.6. The van der Waals surface area contributed by atoms with E-state index >= 15 is 0 Å². The van der Waals surface area contributed by atoms with Crippen LogP contribution in [0.2, 0.25) is 0 Å². The molecule has 0 atom stereocenters. The van der Waals surface area contributed by atoms with Crippen LogP contribution in [-0.4, -0.2) is 35.1 Å². The predicted molar refractivity (Wildman–Crippen MR) is 143 cm³/mol. The molecule has 5 aromatic heterocycles. The first-order valence-electron chi connectivity index (χ1n) is 11.7. The Kier molecular flexibility index (Phi) is 5.26. The van der Waals surface area contributed by atoms with Crippen molar-refractivity contribution in [1.82, 2.24) is 35.1 Å². The van der Waals surface area contributed by atoms with Gasteiger partial charge in [-0.25, -0.2) is 9.97 Å². The van der Waals surface area contributed by atoms with Gasteiger partial charge in [-0.2, -0.15) is 5.10 Å². The van der Waals surface area contributed by atoms with Crippen molar-refractivity contribution in [1.29, 1.82) is 0 Å². The van der Waals surface area contributed by atoms with E-state index < -0.39 is 0 Å². The van der Waals surface area contributed by atoms with Crippen LogP contribution in [0.3, 0.4) is 0 Å². The van der Waals surface area contributed by atoms with Crippen LogP contribution in [0, 0.1) is 5.92 Å². The zero-order valence-electron chi connectivity index (χ0n) is 19.9. The van der Waals surface area contributed by atoms with E-state index in [0.717, 1.165) is 55.8 Å². The Labute approximate surface area is 207 Å². The number of fused-ring (bicyclic) bond motifs is 2. The number of aromatic amines is 2. The van der Waals surface area contributed by atoms with Gasteiger partial charge in [-0.05, 0) is 41.8 Å². The van der Waals surface area contributed by atoms with E-state index in [-0.39, 0.29) is 0 Å². The van der Waals surface area contributed by atoms with E-state index in [1.807, 2.05) is 36.7 Å². The summed E-state index contributed by atoms with van der Waals surface area (Å²) in [5.74, 6) is 0.981. The topological polar surface area (TPSA) is 108 Å². The van der Waals surface area contributed by atoms with Gasteiger partial charge in [0.05, 0.1) is 22.9 Å². The monoisotopic (exact) mass is 472 g/mol. The summed E-state index contributed by atoms with van der Waals surface area (Å²) in [5.41, 5.74) is 9.00. The van der Waals surface area contributed by atoms with Crippen molar-refractivity contribution in [2.45, 2.75) is 13.8 Å². The Hall–Kier alpha value is -4.85. The molecule has 0 bridgehead atoms. The van der Waals surface area contributed by atoms with Crippen molar-refractivity contribution < 1.29 is 0 Å². The predicted octanol–water partition coefficient (Wildman–Crippen LogP) is 6.21. The molecule has 0 aliphatic heterocycles. The highest BCUT2D eigenvalue weighted by atomic mass is 15.1. The van der Waals surface area contributed by atoms with Gasteiger partial charge in [-0.15, -0.1) is 0 Å². The number of anilines is 1. The van der Waals surface area contributed by atoms with Crippen LogP contribution in [0.4, 0.5) is 5.69 Å². The molecule has 8 nitrogen and oxygen atoms in total. The number of pyridine rings is 3. The average Bonchev–Trinajstić information content (AvgIpc) is 3.53. The van der Waals surface area contributed by atoms with Crippen molar-refractivity contribution >= 4 is 27.8 Å². The Bertz CT molecular complexity index is 1710. The van der Waals surface area contributed by atoms with Crippen LogP contribution in [0.15, 0.2) is 85.7 Å². The van der Waals surface area contributed by atoms with Gasteiger partial charge in [0.25, 0.3) is 0 Å². The molecule has 0 saturated heterocycles. The molecule has 0 aliphatic carbocycles. The molecule has 0 aliphatic rings. The lowest BCUT2D eigenvalue weighted by Gasteiger charge is -2.13. The lowest BCUT2D eigenvalue weighted by atomic mass is 10.0. The molecule has 8 heteroatoms. The molecule has 176 valence electrons. The summed E-state index contributed by atoms with van der Waals surface area (Å²) in [5, 5.41) is 12.0. The second-order valence-corrected chi connectivity index (χ2v) is 8.98. The minimum atomic E-state index is 0.329. The molecule has 3 N–H and O–H groups in total. The van der Waals surface area contributed by atoms with E-state index in [2.05, 4.69) is 74.1 Å². The first-order valence-corrected chi connectivity index (χ1v) is 11.7. The normalized spacial score (nSPS) is 11.4. The Balaban J connectivity index is 1.41. The molecule has 5 heterocycles. The molecular weight excluding hydrogens is 448 g/mol. The summed E-state index contributed by atoms with van der Waals surface area (Å²) in [6.07, 6.45) is 9.02. The van der Waals surface area contributed by atoms with Gasteiger partial charge in [-0.3, -0.25) is 15.1 Å². The maximum Gasteiger partial charge on any atom is 0.178 e. The fourth-order valence-electron chi connectivity index (χ4n) is 4.16. The quantitative estimate of drug-likeness (QED) is 0.266. The van der Waals surface area contributed by atoms with Crippen molar-refractivity contribution in [3.05, 3.63) is 85.7 Å². The fraction of sp³-hybridized carbons (Fsp3) is 0.107. The molecule has 6 rings (SSSR count). The number of hydrogen-bond donors (Lipinski definition) is 3. The molecule has 0 amide bonds. The van der Waals surface area contributed by atoms with E-state index in [1.165, 1.54) is 0 Å². The highest BCUT2D eigenvalue weighted by molar-refractivity contribution is 5.97. The molecule has 0 radical (unpaired) electrons. The lowest BCUT2D eigenvalue weighted by molar-refractivity contribution is 0.778. The van der Waals surface area contributed by atoms with Gasteiger partial charge >= 0.3 is 0 Å².